The number of ether oxygens (including phenoxy) is 1. The molecule has 2 aromatic carbocycles. The molecule has 13 heteroatoms. The minimum Gasteiger partial charge on any atom is -0.594 e. The van der Waals surface area contributed by atoms with Crippen LogP contribution >= 0.6 is 0 Å². The summed E-state index contributed by atoms with van der Waals surface area (Å²) in [6.45, 7) is 6.37. The van der Waals surface area contributed by atoms with Crippen LogP contribution in [0.15, 0.2) is 48.5 Å². The summed E-state index contributed by atoms with van der Waals surface area (Å²) in [6, 6.07) is 13.7. The fourth-order valence-corrected chi connectivity index (χ4v) is 3.37. The van der Waals surface area contributed by atoms with E-state index >= 15 is 0 Å². The fourth-order valence-electron chi connectivity index (χ4n) is 3.37. The number of hydrogen-bond acceptors (Lipinski definition) is 10. The number of nitrogens with one attached hydrogen (secondary N) is 2. The molecule has 0 saturated carbocycles. The number of para-hydroxylation sites is 4. The first kappa shape index (κ1) is 24.6. The van der Waals surface area contributed by atoms with E-state index in [4.69, 9.17) is 4.74 Å². The standard InChI is InChI=1S/C23H27N9O4/c1-23(2,3)36-22(33)30(14-12-24-20-26-16-8-4-6-10-18(16)31(34)28-20)15-13-25-21-27-17-9-5-7-11-19(17)32(35)29-21/h4-11H,12-15H2,1-3H3,(H,24,26,28)(H,25,27,29). The van der Waals surface area contributed by atoms with E-state index in [0.717, 1.165) is 0 Å². The van der Waals surface area contributed by atoms with Crippen LogP contribution in [0.5, 0.6) is 0 Å². The lowest BCUT2D eigenvalue weighted by atomic mass is 10.2. The van der Waals surface area contributed by atoms with Gasteiger partial charge in [-0.05, 0) is 42.6 Å². The number of fused-ring (bicyclic) bond motifs is 2. The highest BCUT2D eigenvalue weighted by Gasteiger charge is 2.22. The Labute approximate surface area is 206 Å². The number of carbonyl (C=O) groups excluding carboxylic acids is 1. The highest BCUT2D eigenvalue weighted by Crippen LogP contribution is 2.11. The number of carbonyl (C=O) groups is 1. The van der Waals surface area contributed by atoms with E-state index in [9.17, 15) is 15.2 Å². The lowest BCUT2D eigenvalue weighted by Gasteiger charge is -2.27. The van der Waals surface area contributed by atoms with Crippen LogP contribution in [-0.4, -0.2) is 62.9 Å². The average molecular weight is 494 g/mol. The number of aromatic nitrogens is 6. The predicted molar refractivity (Wildman–Crippen MR) is 132 cm³/mol. The summed E-state index contributed by atoms with van der Waals surface area (Å²) < 4.78 is 5.52. The summed E-state index contributed by atoms with van der Waals surface area (Å²) in [7, 11) is 0. The van der Waals surface area contributed by atoms with Crippen LogP contribution in [0.4, 0.5) is 16.7 Å². The summed E-state index contributed by atoms with van der Waals surface area (Å²) in [4.78, 5) is 23.9. The van der Waals surface area contributed by atoms with Crippen molar-refractivity contribution in [2.75, 3.05) is 36.8 Å². The third kappa shape index (κ3) is 6.11. The minimum absolute atomic E-state index is 0.149. The van der Waals surface area contributed by atoms with E-state index in [1.54, 1.807) is 69.3 Å². The van der Waals surface area contributed by atoms with E-state index in [1.165, 1.54) is 4.90 Å². The number of benzene rings is 2. The maximum atomic E-state index is 12.8. The molecule has 0 aliphatic heterocycles. The summed E-state index contributed by atoms with van der Waals surface area (Å²) in [5, 5.41) is 38.0. The van der Waals surface area contributed by atoms with Gasteiger partial charge in [0.05, 0.1) is 10.2 Å². The topological polar surface area (TPSA) is 159 Å². The number of hydrogen-bond donors (Lipinski definition) is 2. The first-order valence-corrected chi connectivity index (χ1v) is 11.4. The molecule has 0 atom stereocenters. The summed E-state index contributed by atoms with van der Waals surface area (Å²) in [5.41, 5.74) is 1.05. The fraction of sp³-hybridized carbons (Fsp3) is 0.348. The zero-order valence-corrected chi connectivity index (χ0v) is 20.2. The summed E-state index contributed by atoms with van der Waals surface area (Å²) >= 11 is 0. The van der Waals surface area contributed by atoms with Gasteiger partial charge in [0.2, 0.25) is 0 Å². The quantitative estimate of drug-likeness (QED) is 0.273. The highest BCUT2D eigenvalue weighted by molar-refractivity contribution is 5.72. The van der Waals surface area contributed by atoms with Gasteiger partial charge in [-0.15, -0.1) is 0 Å². The van der Waals surface area contributed by atoms with E-state index in [0.29, 0.717) is 31.8 Å². The van der Waals surface area contributed by atoms with Crippen molar-refractivity contribution in [3.63, 3.8) is 0 Å². The zero-order valence-electron chi connectivity index (χ0n) is 20.2. The van der Waals surface area contributed by atoms with Crippen molar-refractivity contribution in [2.45, 2.75) is 26.4 Å². The molecule has 0 aliphatic carbocycles. The van der Waals surface area contributed by atoms with Gasteiger partial charge in [-0.25, -0.2) is 14.8 Å². The Morgan fingerprint density at radius 1 is 0.861 bits per heavy atom. The van der Waals surface area contributed by atoms with E-state index in [1.807, 2.05) is 0 Å². The van der Waals surface area contributed by atoms with Crippen LogP contribution in [0.25, 0.3) is 22.1 Å². The molecule has 1 amide bonds. The molecular weight excluding hydrogens is 466 g/mol. The molecule has 0 saturated heterocycles. The van der Waals surface area contributed by atoms with E-state index in [2.05, 4.69) is 30.8 Å². The lowest BCUT2D eigenvalue weighted by molar-refractivity contribution is -0.641. The van der Waals surface area contributed by atoms with Gasteiger partial charge in [-0.1, -0.05) is 24.3 Å². The number of nitrogens with zero attached hydrogens (tertiary/aromatic N) is 7. The van der Waals surface area contributed by atoms with Gasteiger partial charge in [-0.2, -0.15) is 0 Å². The van der Waals surface area contributed by atoms with Gasteiger partial charge in [-0.3, -0.25) is 0 Å². The van der Waals surface area contributed by atoms with Gasteiger partial charge < -0.3 is 30.7 Å². The lowest BCUT2D eigenvalue weighted by Crippen LogP contribution is -2.42. The van der Waals surface area contributed by atoms with Crippen LogP contribution in [0.1, 0.15) is 20.8 Å². The van der Waals surface area contributed by atoms with Crippen molar-refractivity contribution in [2.24, 2.45) is 0 Å². The van der Waals surface area contributed by atoms with Crippen molar-refractivity contribution in [1.82, 2.24) is 25.1 Å². The van der Waals surface area contributed by atoms with Crippen LogP contribution in [0.2, 0.25) is 0 Å². The third-order valence-electron chi connectivity index (χ3n) is 4.98. The Bertz CT molecular complexity index is 1290. The molecule has 0 unspecified atom stereocenters. The van der Waals surface area contributed by atoms with Gasteiger partial charge in [0, 0.05) is 38.3 Å². The first-order chi connectivity index (χ1) is 17.2. The largest absolute Gasteiger partial charge is 0.594 e. The Hall–Kier alpha value is -4.55. The molecule has 188 valence electrons. The monoisotopic (exact) mass is 493 g/mol. The Balaban J connectivity index is 1.39. The van der Waals surface area contributed by atoms with Crippen LogP contribution in [-0.2, 0) is 4.74 Å². The Morgan fingerprint density at radius 3 is 1.75 bits per heavy atom. The minimum atomic E-state index is -0.679. The number of rotatable bonds is 8. The van der Waals surface area contributed by atoms with E-state index in [-0.39, 0.29) is 38.1 Å². The molecule has 2 heterocycles. The average Bonchev–Trinajstić information content (AvgIpc) is 2.82. The van der Waals surface area contributed by atoms with Gasteiger partial charge >= 0.3 is 6.09 Å². The molecule has 0 spiro atoms. The van der Waals surface area contributed by atoms with Crippen LogP contribution in [0, 0.1) is 10.4 Å². The van der Waals surface area contributed by atoms with Crippen LogP contribution in [0.3, 0.4) is 0 Å². The SMILES string of the molecule is CC(C)(C)OC(=O)N(CCNc1nc2ccccc2[n+]([O-])n1)CCNc1nc2ccccc2[n+]([O-])n1. The highest BCUT2D eigenvalue weighted by atomic mass is 16.6. The second-order valence-electron chi connectivity index (χ2n) is 8.92. The van der Waals surface area contributed by atoms with Crippen molar-refractivity contribution in [3.8, 4) is 0 Å². The zero-order chi connectivity index (χ0) is 25.7. The third-order valence-corrected chi connectivity index (χ3v) is 4.98. The molecule has 0 fully saturated rings. The molecule has 2 N–H and O–H groups in total. The van der Waals surface area contributed by atoms with Crippen LogP contribution < -0.4 is 20.3 Å². The smallest absolute Gasteiger partial charge is 0.410 e. The molecule has 0 bridgehead atoms. The second kappa shape index (κ2) is 10.4. The summed E-state index contributed by atoms with van der Waals surface area (Å²) in [5.74, 6) is 0.297. The molecule has 0 radical (unpaired) electrons. The first-order valence-electron chi connectivity index (χ1n) is 11.4. The maximum absolute atomic E-state index is 12.8. The van der Waals surface area contributed by atoms with E-state index < -0.39 is 11.7 Å². The second-order valence-corrected chi connectivity index (χ2v) is 8.92. The molecule has 13 nitrogen and oxygen atoms in total. The van der Waals surface area contributed by atoms with Crippen molar-refractivity contribution >= 4 is 40.1 Å². The maximum Gasteiger partial charge on any atom is 0.410 e. The molecule has 4 rings (SSSR count). The van der Waals surface area contributed by atoms with Crippen molar-refractivity contribution in [3.05, 3.63) is 58.9 Å². The molecule has 0 aliphatic rings. The Kier molecular flexibility index (Phi) is 7.08. The van der Waals surface area contributed by atoms with Gasteiger partial charge in [0.1, 0.15) is 16.6 Å². The van der Waals surface area contributed by atoms with Gasteiger partial charge in [0.15, 0.2) is 0 Å². The van der Waals surface area contributed by atoms with Crippen molar-refractivity contribution in [1.29, 1.82) is 0 Å². The van der Waals surface area contributed by atoms with Crippen molar-refractivity contribution < 1.29 is 19.2 Å². The molecule has 36 heavy (non-hydrogen) atoms. The molecular formula is C23H27N9O4. The summed E-state index contributed by atoms with van der Waals surface area (Å²) in [6.07, 6.45) is -0.511. The van der Waals surface area contributed by atoms with Gasteiger partial charge in [0.25, 0.3) is 22.9 Å². The Morgan fingerprint density at radius 2 is 1.31 bits per heavy atom. The number of anilines is 2. The normalized spacial score (nSPS) is 11.4. The molecule has 2 aromatic heterocycles. The predicted octanol–water partition coefficient (Wildman–Crippen LogP) is 1.60. The number of amides is 1. The molecule has 4 aromatic rings.